The number of hydrazone groups is 1. The Hall–Kier alpha value is -2.42. The van der Waals surface area contributed by atoms with Crippen molar-refractivity contribution < 1.29 is 4.79 Å². The van der Waals surface area contributed by atoms with Crippen LogP contribution < -0.4 is 5.43 Å². The van der Waals surface area contributed by atoms with Gasteiger partial charge >= 0.3 is 0 Å². The Bertz CT molecular complexity index is 621. The molecule has 0 spiro atoms. The molecule has 0 atom stereocenters. The molecule has 3 heteroatoms. The van der Waals surface area contributed by atoms with Crippen molar-refractivity contribution in [1.82, 2.24) is 5.43 Å². The van der Waals surface area contributed by atoms with Crippen LogP contribution in [0.2, 0.25) is 0 Å². The minimum absolute atomic E-state index is 0.0857. The van der Waals surface area contributed by atoms with Gasteiger partial charge in [-0.05, 0) is 36.8 Å². The van der Waals surface area contributed by atoms with E-state index in [-0.39, 0.29) is 11.8 Å². The largest absolute Gasteiger partial charge is 0.272 e. The van der Waals surface area contributed by atoms with Crippen molar-refractivity contribution in [3.63, 3.8) is 0 Å². The molecule has 0 aromatic heterocycles. The number of carbonyl (C=O) groups is 1. The number of rotatable bonds is 5. The third-order valence-corrected chi connectivity index (χ3v) is 4.04. The van der Waals surface area contributed by atoms with Gasteiger partial charge in [0.25, 0.3) is 5.91 Å². The topological polar surface area (TPSA) is 41.5 Å². The third kappa shape index (κ3) is 3.42. The van der Waals surface area contributed by atoms with Gasteiger partial charge in [-0.15, -0.1) is 0 Å². The van der Waals surface area contributed by atoms with E-state index in [9.17, 15) is 4.79 Å². The van der Waals surface area contributed by atoms with E-state index in [0.29, 0.717) is 5.92 Å². The first-order chi connectivity index (χ1) is 10.8. The second kappa shape index (κ2) is 6.56. The van der Waals surface area contributed by atoms with Crippen molar-refractivity contribution in [2.24, 2.45) is 11.0 Å². The summed E-state index contributed by atoms with van der Waals surface area (Å²) in [5, 5.41) is 4.28. The minimum atomic E-state index is -0.335. The number of benzene rings is 2. The van der Waals surface area contributed by atoms with Crippen LogP contribution in [-0.2, 0) is 4.79 Å². The molecule has 22 heavy (non-hydrogen) atoms. The van der Waals surface area contributed by atoms with Crippen LogP contribution >= 0.6 is 0 Å². The number of nitrogens with one attached hydrogen (secondary N) is 1. The fourth-order valence-electron chi connectivity index (χ4n) is 2.59. The summed E-state index contributed by atoms with van der Waals surface area (Å²) in [6.45, 7) is 1.98. The molecule has 3 rings (SSSR count). The molecule has 1 aliphatic rings. The zero-order valence-corrected chi connectivity index (χ0v) is 12.7. The van der Waals surface area contributed by atoms with Crippen LogP contribution in [0.25, 0.3) is 0 Å². The normalized spacial score (nSPS) is 14.9. The monoisotopic (exact) mass is 292 g/mol. The van der Waals surface area contributed by atoms with Crippen LogP contribution in [0.4, 0.5) is 0 Å². The van der Waals surface area contributed by atoms with Gasteiger partial charge in [-0.25, -0.2) is 5.43 Å². The van der Waals surface area contributed by atoms with Crippen LogP contribution in [0, 0.1) is 5.92 Å². The van der Waals surface area contributed by atoms with Gasteiger partial charge in [-0.2, -0.15) is 5.10 Å². The van der Waals surface area contributed by atoms with Crippen LogP contribution in [0.1, 0.15) is 36.8 Å². The molecular formula is C19H20N2O. The lowest BCUT2D eigenvalue weighted by Crippen LogP contribution is -2.27. The highest BCUT2D eigenvalue weighted by Crippen LogP contribution is 2.30. The van der Waals surface area contributed by atoms with Gasteiger partial charge in [-0.1, -0.05) is 60.7 Å². The lowest BCUT2D eigenvalue weighted by Gasteiger charge is -2.16. The molecule has 1 amide bonds. The third-order valence-electron chi connectivity index (χ3n) is 4.04. The van der Waals surface area contributed by atoms with Crippen LogP contribution in [0.5, 0.6) is 0 Å². The molecule has 1 aliphatic carbocycles. The Morgan fingerprint density at radius 2 is 1.50 bits per heavy atom. The molecule has 1 fully saturated rings. The minimum Gasteiger partial charge on any atom is -0.272 e. The summed E-state index contributed by atoms with van der Waals surface area (Å²) in [5.74, 6) is 0.141. The van der Waals surface area contributed by atoms with Crippen molar-refractivity contribution in [2.45, 2.75) is 25.7 Å². The zero-order chi connectivity index (χ0) is 15.4. The van der Waals surface area contributed by atoms with Crippen molar-refractivity contribution in [3.05, 3.63) is 71.8 Å². The quantitative estimate of drug-likeness (QED) is 0.662. The van der Waals surface area contributed by atoms with Gasteiger partial charge in [0, 0.05) is 5.71 Å². The average molecular weight is 292 g/mol. The molecule has 2 aromatic rings. The number of hydrogen-bond donors (Lipinski definition) is 1. The number of nitrogens with zero attached hydrogens (tertiary/aromatic N) is 1. The molecule has 0 aliphatic heterocycles. The molecule has 0 radical (unpaired) electrons. The van der Waals surface area contributed by atoms with Crippen molar-refractivity contribution in [3.8, 4) is 0 Å². The van der Waals surface area contributed by atoms with Gasteiger partial charge in [0.15, 0.2) is 0 Å². The second-order valence-electron chi connectivity index (χ2n) is 5.76. The average Bonchev–Trinajstić information content (AvgIpc) is 3.40. The van der Waals surface area contributed by atoms with Gasteiger partial charge in [0.05, 0.1) is 5.92 Å². The van der Waals surface area contributed by atoms with E-state index in [1.807, 2.05) is 67.6 Å². The van der Waals surface area contributed by atoms with Crippen LogP contribution in [0.3, 0.4) is 0 Å². The Kier molecular flexibility index (Phi) is 4.33. The summed E-state index contributed by atoms with van der Waals surface area (Å²) in [6.07, 6.45) is 2.37. The highest BCUT2D eigenvalue weighted by atomic mass is 16.2. The van der Waals surface area contributed by atoms with Gasteiger partial charge < -0.3 is 0 Å². The molecule has 112 valence electrons. The molecule has 0 saturated heterocycles. The smallest absolute Gasteiger partial charge is 0.252 e. The molecule has 2 aromatic carbocycles. The Labute approximate surface area is 131 Å². The lowest BCUT2D eigenvalue weighted by molar-refractivity contribution is -0.121. The highest BCUT2D eigenvalue weighted by molar-refractivity contribution is 5.90. The highest BCUT2D eigenvalue weighted by Gasteiger charge is 2.26. The van der Waals surface area contributed by atoms with Crippen LogP contribution in [-0.4, -0.2) is 11.6 Å². The predicted molar refractivity (Wildman–Crippen MR) is 88.7 cm³/mol. The van der Waals surface area contributed by atoms with Crippen LogP contribution in [0.15, 0.2) is 65.8 Å². The molecule has 0 unspecified atom stereocenters. The van der Waals surface area contributed by atoms with Gasteiger partial charge in [0.1, 0.15) is 0 Å². The zero-order valence-electron chi connectivity index (χ0n) is 12.7. The summed E-state index contributed by atoms with van der Waals surface area (Å²) in [4.78, 5) is 12.7. The second-order valence-corrected chi connectivity index (χ2v) is 5.76. The van der Waals surface area contributed by atoms with Gasteiger partial charge in [0.2, 0.25) is 0 Å². The SMILES string of the molecule is CC(=NNC(=O)C(c1ccccc1)c1ccccc1)C1CC1. The van der Waals surface area contributed by atoms with Crippen molar-refractivity contribution >= 4 is 11.6 Å². The molecular weight excluding hydrogens is 272 g/mol. The molecule has 3 nitrogen and oxygen atoms in total. The first kappa shape index (κ1) is 14.5. The number of amides is 1. The predicted octanol–water partition coefficient (Wildman–Crippen LogP) is 3.72. The Morgan fingerprint density at radius 1 is 1.00 bits per heavy atom. The van der Waals surface area contributed by atoms with Crippen molar-refractivity contribution in [2.75, 3.05) is 0 Å². The number of carbonyl (C=O) groups excluding carboxylic acids is 1. The first-order valence-electron chi connectivity index (χ1n) is 7.69. The van der Waals surface area contributed by atoms with E-state index < -0.39 is 0 Å². The lowest BCUT2D eigenvalue weighted by atomic mass is 9.91. The molecule has 1 N–H and O–H groups in total. The Morgan fingerprint density at radius 3 is 1.95 bits per heavy atom. The maximum atomic E-state index is 12.7. The summed E-state index contributed by atoms with van der Waals surface area (Å²) >= 11 is 0. The van der Waals surface area contributed by atoms with E-state index in [4.69, 9.17) is 0 Å². The fourth-order valence-corrected chi connectivity index (χ4v) is 2.59. The summed E-state index contributed by atoms with van der Waals surface area (Å²) in [7, 11) is 0. The summed E-state index contributed by atoms with van der Waals surface area (Å²) < 4.78 is 0. The first-order valence-corrected chi connectivity index (χ1v) is 7.69. The van der Waals surface area contributed by atoms with E-state index in [0.717, 1.165) is 16.8 Å². The fraction of sp³-hybridized carbons (Fsp3) is 0.263. The maximum Gasteiger partial charge on any atom is 0.252 e. The van der Waals surface area contributed by atoms with E-state index in [1.165, 1.54) is 12.8 Å². The molecule has 0 bridgehead atoms. The maximum absolute atomic E-state index is 12.7. The van der Waals surface area contributed by atoms with Gasteiger partial charge in [-0.3, -0.25) is 4.79 Å². The van der Waals surface area contributed by atoms with Crippen molar-refractivity contribution in [1.29, 1.82) is 0 Å². The van der Waals surface area contributed by atoms with E-state index in [2.05, 4.69) is 10.5 Å². The summed E-state index contributed by atoms with van der Waals surface area (Å²) in [5.41, 5.74) is 5.73. The Balaban J connectivity index is 1.85. The summed E-state index contributed by atoms with van der Waals surface area (Å²) in [6, 6.07) is 19.7. The molecule has 1 saturated carbocycles. The van der Waals surface area contributed by atoms with E-state index >= 15 is 0 Å². The number of hydrogen-bond acceptors (Lipinski definition) is 2. The molecule has 0 heterocycles. The standard InChI is InChI=1S/C19H20N2O/c1-14(15-12-13-15)20-21-19(22)18(16-8-4-2-5-9-16)17-10-6-3-7-11-17/h2-11,15,18H,12-13H2,1H3,(H,21,22). The van der Waals surface area contributed by atoms with E-state index in [1.54, 1.807) is 0 Å².